The molecule has 2 aromatic heterocycles. The summed E-state index contributed by atoms with van der Waals surface area (Å²) in [6, 6.07) is 14.8. The molecule has 1 amide bonds. The van der Waals surface area contributed by atoms with E-state index in [2.05, 4.69) is 10.3 Å². The number of thiazole rings is 1. The number of fused-ring (bicyclic) bond motifs is 1. The lowest BCUT2D eigenvalue weighted by Gasteiger charge is -2.34. The van der Waals surface area contributed by atoms with Gasteiger partial charge in [0.05, 0.1) is 26.5 Å². The molecule has 0 unspecified atom stereocenters. The van der Waals surface area contributed by atoms with Gasteiger partial charge in [-0.1, -0.05) is 12.1 Å². The summed E-state index contributed by atoms with van der Waals surface area (Å²) in [7, 11) is 3.16. The molecule has 35 heavy (non-hydrogen) atoms. The van der Waals surface area contributed by atoms with Crippen LogP contribution in [0.3, 0.4) is 0 Å². The zero-order chi connectivity index (χ0) is 24.4. The van der Waals surface area contributed by atoms with Gasteiger partial charge < -0.3 is 18.8 Å². The van der Waals surface area contributed by atoms with E-state index in [0.717, 1.165) is 28.6 Å². The molecule has 180 valence electrons. The average Bonchev–Trinajstić information content (AvgIpc) is 3.36. The summed E-state index contributed by atoms with van der Waals surface area (Å²) < 4.78 is 15.9. The predicted molar refractivity (Wildman–Crippen MR) is 134 cm³/mol. The van der Waals surface area contributed by atoms with E-state index in [-0.39, 0.29) is 11.5 Å². The minimum atomic E-state index is -0.650. The molecule has 0 bridgehead atoms. The molecular weight excluding hydrogens is 466 g/mol. The van der Waals surface area contributed by atoms with Crippen LogP contribution in [0, 0.1) is 0 Å². The Morgan fingerprint density at radius 1 is 1.06 bits per heavy atom. The van der Waals surface area contributed by atoms with Crippen molar-refractivity contribution in [2.24, 2.45) is 0 Å². The highest BCUT2D eigenvalue weighted by atomic mass is 32.1. The molecule has 5 rings (SSSR count). The highest BCUT2D eigenvalue weighted by molar-refractivity contribution is 7.09. The fourth-order valence-electron chi connectivity index (χ4n) is 4.18. The highest BCUT2D eigenvalue weighted by Crippen LogP contribution is 2.26. The van der Waals surface area contributed by atoms with Gasteiger partial charge in [0.15, 0.2) is 11.3 Å². The zero-order valence-electron chi connectivity index (χ0n) is 19.5. The average molecular weight is 492 g/mol. The van der Waals surface area contributed by atoms with Crippen LogP contribution in [0.25, 0.3) is 22.2 Å². The Kier molecular flexibility index (Phi) is 6.52. The minimum absolute atomic E-state index is 0.0447. The Morgan fingerprint density at radius 3 is 2.54 bits per heavy atom. The first-order chi connectivity index (χ1) is 17.1. The Labute approximate surface area is 206 Å². The zero-order valence-corrected chi connectivity index (χ0v) is 20.3. The molecule has 3 heterocycles. The van der Waals surface area contributed by atoms with E-state index in [0.29, 0.717) is 42.9 Å². The topological polar surface area (TPSA) is 85.1 Å². The summed E-state index contributed by atoms with van der Waals surface area (Å²) in [5.74, 6) is 0.974. The number of carbonyl (C=O) groups is 1. The van der Waals surface area contributed by atoms with Crippen LogP contribution in [0.15, 0.2) is 63.1 Å². The lowest BCUT2D eigenvalue weighted by atomic mass is 10.1. The quantitative estimate of drug-likeness (QED) is 0.378. The third-order valence-corrected chi connectivity index (χ3v) is 6.96. The second kappa shape index (κ2) is 9.89. The Balaban J connectivity index is 1.22. The van der Waals surface area contributed by atoms with Gasteiger partial charge in [-0.15, -0.1) is 11.3 Å². The van der Waals surface area contributed by atoms with Crippen molar-refractivity contribution >= 4 is 28.2 Å². The van der Waals surface area contributed by atoms with E-state index < -0.39 is 5.63 Å². The van der Waals surface area contributed by atoms with E-state index in [9.17, 15) is 9.59 Å². The maximum absolute atomic E-state index is 13.1. The van der Waals surface area contributed by atoms with Crippen LogP contribution in [0.5, 0.6) is 11.5 Å². The van der Waals surface area contributed by atoms with Crippen molar-refractivity contribution in [3.8, 4) is 22.8 Å². The third kappa shape index (κ3) is 4.78. The monoisotopic (exact) mass is 491 g/mol. The van der Waals surface area contributed by atoms with E-state index in [1.165, 1.54) is 7.11 Å². The van der Waals surface area contributed by atoms with Crippen LogP contribution in [0.1, 0.15) is 15.4 Å². The van der Waals surface area contributed by atoms with E-state index in [4.69, 9.17) is 18.9 Å². The second-order valence-electron chi connectivity index (χ2n) is 8.25. The maximum atomic E-state index is 13.1. The van der Waals surface area contributed by atoms with Gasteiger partial charge in [0.1, 0.15) is 16.3 Å². The van der Waals surface area contributed by atoms with Crippen molar-refractivity contribution in [2.75, 3.05) is 40.4 Å². The molecule has 1 aliphatic rings. The Hall–Kier alpha value is -3.69. The molecule has 1 aliphatic heterocycles. The van der Waals surface area contributed by atoms with Gasteiger partial charge >= 0.3 is 5.63 Å². The smallest absolute Gasteiger partial charge is 0.349 e. The van der Waals surface area contributed by atoms with Crippen molar-refractivity contribution in [1.82, 2.24) is 14.8 Å². The summed E-state index contributed by atoms with van der Waals surface area (Å²) in [5.41, 5.74) is 1.74. The first kappa shape index (κ1) is 23.1. The molecule has 1 saturated heterocycles. The molecule has 0 radical (unpaired) electrons. The largest absolute Gasteiger partial charge is 0.497 e. The highest BCUT2D eigenvalue weighted by Gasteiger charge is 2.26. The van der Waals surface area contributed by atoms with Crippen molar-refractivity contribution < 1.29 is 18.7 Å². The molecular formula is C26H25N3O5S. The van der Waals surface area contributed by atoms with E-state index in [1.54, 1.807) is 47.6 Å². The van der Waals surface area contributed by atoms with Crippen LogP contribution in [-0.4, -0.2) is 61.1 Å². The van der Waals surface area contributed by atoms with Gasteiger partial charge in [0.2, 0.25) is 0 Å². The molecule has 2 aromatic carbocycles. The third-order valence-electron chi connectivity index (χ3n) is 6.13. The Bertz CT molecular complexity index is 1400. The molecule has 9 heteroatoms. The summed E-state index contributed by atoms with van der Waals surface area (Å²) in [5, 5.41) is 3.74. The molecule has 0 saturated carbocycles. The number of nitrogens with zero attached hydrogens (tertiary/aromatic N) is 3. The lowest BCUT2D eigenvalue weighted by molar-refractivity contribution is 0.0624. The second-order valence-corrected chi connectivity index (χ2v) is 9.19. The van der Waals surface area contributed by atoms with Gasteiger partial charge in [-0.3, -0.25) is 9.69 Å². The van der Waals surface area contributed by atoms with Crippen LogP contribution in [0.2, 0.25) is 0 Å². The number of amides is 1. The number of ether oxygens (including phenoxy) is 2. The Morgan fingerprint density at radius 2 is 1.83 bits per heavy atom. The first-order valence-corrected chi connectivity index (χ1v) is 12.1. The maximum Gasteiger partial charge on any atom is 0.349 e. The minimum Gasteiger partial charge on any atom is -0.497 e. The van der Waals surface area contributed by atoms with Crippen LogP contribution < -0.4 is 15.1 Å². The number of piperazine rings is 1. The number of hydrogen-bond donors (Lipinski definition) is 0. The number of hydrogen-bond acceptors (Lipinski definition) is 8. The number of para-hydroxylation sites is 1. The summed E-state index contributed by atoms with van der Waals surface area (Å²) in [4.78, 5) is 34.4. The molecule has 0 atom stereocenters. The standard InChI is InChI=1S/C26H25N3O5S/c1-32-19-8-6-17(7-9-19)21-16-35-23(27-21)15-28-10-12-29(13-11-28)25(30)20-14-18-4-3-5-22(33-2)24(18)34-26(20)31/h3-9,14,16H,10-13,15H2,1-2H3. The number of carbonyl (C=O) groups excluding carboxylic acids is 1. The number of aromatic nitrogens is 1. The van der Waals surface area contributed by atoms with Crippen LogP contribution >= 0.6 is 11.3 Å². The summed E-state index contributed by atoms with van der Waals surface area (Å²) >= 11 is 1.63. The normalized spacial score (nSPS) is 14.3. The van der Waals surface area contributed by atoms with Crippen LogP contribution in [0.4, 0.5) is 0 Å². The fourth-order valence-corrected chi connectivity index (χ4v) is 5.02. The van der Waals surface area contributed by atoms with Crippen molar-refractivity contribution in [2.45, 2.75) is 6.54 Å². The van der Waals surface area contributed by atoms with E-state index >= 15 is 0 Å². The van der Waals surface area contributed by atoms with Gasteiger partial charge in [-0.2, -0.15) is 0 Å². The molecule has 1 fully saturated rings. The molecule has 4 aromatic rings. The number of benzene rings is 2. The number of methoxy groups -OCH3 is 2. The van der Waals surface area contributed by atoms with E-state index in [1.807, 2.05) is 24.3 Å². The van der Waals surface area contributed by atoms with Crippen molar-refractivity contribution in [3.63, 3.8) is 0 Å². The van der Waals surface area contributed by atoms with Gasteiger partial charge in [0, 0.05) is 42.5 Å². The molecule has 0 N–H and O–H groups in total. The SMILES string of the molecule is COc1ccc(-c2csc(CN3CCN(C(=O)c4cc5cccc(OC)c5oc4=O)CC3)n2)cc1. The summed E-state index contributed by atoms with van der Waals surface area (Å²) in [6.45, 7) is 3.20. The molecule has 0 aliphatic carbocycles. The fraction of sp³-hybridized carbons (Fsp3) is 0.269. The van der Waals surface area contributed by atoms with Gasteiger partial charge in [0.25, 0.3) is 5.91 Å². The van der Waals surface area contributed by atoms with Gasteiger partial charge in [-0.05, 0) is 36.4 Å². The van der Waals surface area contributed by atoms with Crippen molar-refractivity contribution in [1.29, 1.82) is 0 Å². The number of rotatable bonds is 6. The van der Waals surface area contributed by atoms with Crippen LogP contribution in [-0.2, 0) is 6.54 Å². The first-order valence-electron chi connectivity index (χ1n) is 11.3. The lowest BCUT2D eigenvalue weighted by Crippen LogP contribution is -2.49. The molecule has 0 spiro atoms. The van der Waals surface area contributed by atoms with Gasteiger partial charge in [-0.25, -0.2) is 9.78 Å². The predicted octanol–water partition coefficient (Wildman–Crippen LogP) is 3.89. The molecule has 8 nitrogen and oxygen atoms in total. The summed E-state index contributed by atoms with van der Waals surface area (Å²) in [6.07, 6.45) is 0. The van der Waals surface area contributed by atoms with Crippen molar-refractivity contribution in [3.05, 3.63) is 74.9 Å².